The first-order valence-corrected chi connectivity index (χ1v) is 8.24. The Hall–Kier alpha value is -1.29. The van der Waals surface area contributed by atoms with E-state index in [2.05, 4.69) is 24.3 Å². The third kappa shape index (κ3) is 4.88. The summed E-state index contributed by atoms with van der Waals surface area (Å²) in [6, 6.07) is 20.7. The molecule has 0 spiro atoms. The Morgan fingerprint density at radius 2 is 1.10 bits per heavy atom. The smallest absolute Gasteiger partial charge is 0.0911 e. The molecule has 2 aromatic carbocycles. The summed E-state index contributed by atoms with van der Waals surface area (Å²) < 4.78 is 11.2. The predicted molar refractivity (Wildman–Crippen MR) is 89.7 cm³/mol. The second-order valence-corrected chi connectivity index (χ2v) is 5.88. The van der Waals surface area contributed by atoms with Crippen molar-refractivity contribution in [3.05, 3.63) is 71.8 Å². The lowest BCUT2D eigenvalue weighted by Crippen LogP contribution is -2.09. The first kappa shape index (κ1) is 16.1. The Bertz CT molecular complexity index is 454. The zero-order valence-corrected chi connectivity index (χ0v) is 13.4. The maximum atomic E-state index is 5.60. The van der Waals surface area contributed by atoms with Crippen molar-refractivity contribution in [2.24, 2.45) is 0 Å². The molecule has 0 heterocycles. The van der Waals surface area contributed by atoms with Crippen molar-refractivity contribution in [2.45, 2.75) is 12.2 Å². The summed E-state index contributed by atoms with van der Waals surface area (Å²) >= 11 is 1.86. The fraction of sp³-hybridized carbons (Fsp3) is 0.333. The van der Waals surface area contributed by atoms with Gasteiger partial charge in [-0.1, -0.05) is 60.7 Å². The summed E-state index contributed by atoms with van der Waals surface area (Å²) in [5.74, 6) is 1.85. The van der Waals surface area contributed by atoms with Crippen LogP contribution in [0.4, 0.5) is 0 Å². The summed E-state index contributed by atoms with van der Waals surface area (Å²) in [5, 5.41) is 0. The normalized spacial score (nSPS) is 13.8. The van der Waals surface area contributed by atoms with Gasteiger partial charge in [0.15, 0.2) is 0 Å². The molecule has 2 unspecified atom stereocenters. The van der Waals surface area contributed by atoms with Crippen LogP contribution in [0.3, 0.4) is 0 Å². The zero-order valence-electron chi connectivity index (χ0n) is 12.6. The van der Waals surface area contributed by atoms with Gasteiger partial charge in [-0.3, -0.25) is 0 Å². The molecule has 0 bridgehead atoms. The van der Waals surface area contributed by atoms with Crippen LogP contribution in [-0.2, 0) is 9.47 Å². The third-order valence-electron chi connectivity index (χ3n) is 3.45. The lowest BCUT2D eigenvalue weighted by atomic mass is 10.1. The molecule has 2 nitrogen and oxygen atoms in total. The summed E-state index contributed by atoms with van der Waals surface area (Å²) in [4.78, 5) is 0. The molecular weight excluding hydrogens is 280 g/mol. The summed E-state index contributed by atoms with van der Waals surface area (Å²) in [5.41, 5.74) is 2.45. The van der Waals surface area contributed by atoms with E-state index in [1.54, 1.807) is 14.2 Å². The minimum atomic E-state index is 0.129. The van der Waals surface area contributed by atoms with Crippen LogP contribution in [0, 0.1) is 0 Å². The van der Waals surface area contributed by atoms with Gasteiger partial charge >= 0.3 is 0 Å². The van der Waals surface area contributed by atoms with Crippen molar-refractivity contribution < 1.29 is 9.47 Å². The molecule has 2 rings (SSSR count). The number of thioether (sulfide) groups is 1. The maximum Gasteiger partial charge on any atom is 0.0911 e. The number of benzene rings is 2. The Labute approximate surface area is 131 Å². The summed E-state index contributed by atoms with van der Waals surface area (Å²) in [6.07, 6.45) is 0.258. The first-order chi connectivity index (χ1) is 10.3. The fourth-order valence-electron chi connectivity index (χ4n) is 2.22. The van der Waals surface area contributed by atoms with E-state index in [9.17, 15) is 0 Å². The number of hydrogen-bond donors (Lipinski definition) is 0. The average Bonchev–Trinajstić information content (AvgIpc) is 2.57. The molecule has 0 amide bonds. The van der Waals surface area contributed by atoms with E-state index in [-0.39, 0.29) is 12.2 Å². The molecule has 3 heteroatoms. The summed E-state index contributed by atoms with van der Waals surface area (Å²) in [6.45, 7) is 0. The van der Waals surface area contributed by atoms with Gasteiger partial charge in [0.1, 0.15) is 0 Å². The van der Waals surface area contributed by atoms with E-state index >= 15 is 0 Å². The molecule has 0 saturated carbocycles. The number of hydrogen-bond acceptors (Lipinski definition) is 3. The van der Waals surface area contributed by atoms with Crippen molar-refractivity contribution in [3.8, 4) is 0 Å². The molecule has 2 atom stereocenters. The van der Waals surface area contributed by atoms with Crippen molar-refractivity contribution in [3.63, 3.8) is 0 Å². The highest BCUT2D eigenvalue weighted by atomic mass is 32.2. The quantitative estimate of drug-likeness (QED) is 0.715. The second kappa shape index (κ2) is 8.88. The number of ether oxygens (including phenoxy) is 2. The van der Waals surface area contributed by atoms with Gasteiger partial charge in [0.25, 0.3) is 0 Å². The van der Waals surface area contributed by atoms with Gasteiger partial charge in [0, 0.05) is 25.7 Å². The van der Waals surface area contributed by atoms with E-state index in [0.717, 1.165) is 11.5 Å². The Balaban J connectivity index is 1.87. The first-order valence-electron chi connectivity index (χ1n) is 7.08. The molecule has 0 N–H and O–H groups in total. The molecule has 0 aliphatic rings. The van der Waals surface area contributed by atoms with Crippen LogP contribution in [0.25, 0.3) is 0 Å². The molecular formula is C18H22O2S. The van der Waals surface area contributed by atoms with Crippen molar-refractivity contribution >= 4 is 11.8 Å². The van der Waals surface area contributed by atoms with Gasteiger partial charge in [0.2, 0.25) is 0 Å². The summed E-state index contributed by atoms with van der Waals surface area (Å²) in [7, 11) is 3.53. The largest absolute Gasteiger partial charge is 0.376 e. The molecule has 0 fully saturated rings. The highest BCUT2D eigenvalue weighted by Gasteiger charge is 2.14. The lowest BCUT2D eigenvalue weighted by Gasteiger charge is -2.19. The Morgan fingerprint density at radius 3 is 1.43 bits per heavy atom. The fourth-order valence-corrected chi connectivity index (χ4v) is 3.44. The third-order valence-corrected chi connectivity index (χ3v) is 4.53. The van der Waals surface area contributed by atoms with Crippen molar-refractivity contribution in [2.75, 3.05) is 25.7 Å². The topological polar surface area (TPSA) is 18.5 Å². The zero-order chi connectivity index (χ0) is 14.9. The highest BCUT2D eigenvalue weighted by Crippen LogP contribution is 2.26. The molecule has 0 radical (unpaired) electrons. The second-order valence-electron chi connectivity index (χ2n) is 4.81. The van der Waals surface area contributed by atoms with Gasteiger partial charge in [-0.15, -0.1) is 0 Å². The van der Waals surface area contributed by atoms with Crippen LogP contribution in [-0.4, -0.2) is 25.7 Å². The van der Waals surface area contributed by atoms with Gasteiger partial charge in [-0.05, 0) is 11.1 Å². The van der Waals surface area contributed by atoms with Gasteiger partial charge in [0.05, 0.1) is 12.2 Å². The molecule has 0 aliphatic carbocycles. The van der Waals surface area contributed by atoms with E-state index in [0.29, 0.717) is 0 Å². The van der Waals surface area contributed by atoms with Crippen LogP contribution in [0.5, 0.6) is 0 Å². The standard InChI is InChI=1S/C18H22O2S/c1-19-17(15-9-5-3-6-10-15)13-21-14-18(20-2)16-11-7-4-8-12-16/h3-12,17-18H,13-14H2,1-2H3. The monoisotopic (exact) mass is 302 g/mol. The minimum Gasteiger partial charge on any atom is -0.376 e. The number of methoxy groups -OCH3 is 2. The van der Waals surface area contributed by atoms with Gasteiger partial charge in [-0.2, -0.15) is 11.8 Å². The van der Waals surface area contributed by atoms with Crippen LogP contribution in [0.1, 0.15) is 23.3 Å². The van der Waals surface area contributed by atoms with E-state index in [1.807, 2.05) is 48.2 Å². The van der Waals surface area contributed by atoms with Crippen molar-refractivity contribution in [1.29, 1.82) is 0 Å². The van der Waals surface area contributed by atoms with Gasteiger partial charge in [-0.25, -0.2) is 0 Å². The maximum absolute atomic E-state index is 5.60. The molecule has 0 aromatic heterocycles. The van der Waals surface area contributed by atoms with Crippen LogP contribution < -0.4 is 0 Å². The Morgan fingerprint density at radius 1 is 0.714 bits per heavy atom. The minimum absolute atomic E-state index is 0.129. The van der Waals surface area contributed by atoms with Crippen LogP contribution in [0.15, 0.2) is 60.7 Å². The molecule has 21 heavy (non-hydrogen) atoms. The van der Waals surface area contributed by atoms with E-state index in [4.69, 9.17) is 9.47 Å². The average molecular weight is 302 g/mol. The van der Waals surface area contributed by atoms with Crippen molar-refractivity contribution in [1.82, 2.24) is 0 Å². The predicted octanol–water partition coefficient (Wildman–Crippen LogP) is 4.50. The van der Waals surface area contributed by atoms with E-state index in [1.165, 1.54) is 11.1 Å². The molecule has 0 saturated heterocycles. The number of rotatable bonds is 8. The SMILES string of the molecule is COC(CSCC(OC)c1ccccc1)c1ccccc1. The van der Waals surface area contributed by atoms with E-state index < -0.39 is 0 Å². The Kier molecular flexibility index (Phi) is 6.80. The molecule has 0 aliphatic heterocycles. The van der Waals surface area contributed by atoms with Gasteiger partial charge < -0.3 is 9.47 Å². The van der Waals surface area contributed by atoms with Crippen LogP contribution in [0.2, 0.25) is 0 Å². The highest BCUT2D eigenvalue weighted by molar-refractivity contribution is 7.99. The lowest BCUT2D eigenvalue weighted by molar-refractivity contribution is 0.119. The molecule has 112 valence electrons. The molecule has 2 aromatic rings. The van der Waals surface area contributed by atoms with Crippen LogP contribution >= 0.6 is 11.8 Å².